The van der Waals surface area contributed by atoms with Gasteiger partial charge >= 0.3 is 0 Å². The van der Waals surface area contributed by atoms with Crippen molar-refractivity contribution in [2.75, 3.05) is 5.32 Å². The average Bonchev–Trinajstić information content (AvgIpc) is 2.60. The lowest BCUT2D eigenvalue weighted by atomic mass is 10.2. The molecule has 0 aliphatic heterocycles. The molecule has 2 aromatic rings. The van der Waals surface area contributed by atoms with Gasteiger partial charge in [0, 0.05) is 35.1 Å². The molecular weight excluding hydrogens is 404 g/mol. The number of nitro groups is 1. The van der Waals surface area contributed by atoms with Gasteiger partial charge in [-0.15, -0.1) is 0 Å². The Labute approximate surface area is 157 Å². The van der Waals surface area contributed by atoms with Crippen molar-refractivity contribution in [1.29, 1.82) is 0 Å². The summed E-state index contributed by atoms with van der Waals surface area (Å²) in [5, 5.41) is 17.0. The van der Waals surface area contributed by atoms with Crippen LogP contribution in [-0.2, 0) is 9.59 Å². The van der Waals surface area contributed by atoms with Crippen LogP contribution >= 0.6 is 15.9 Å². The molecule has 0 spiro atoms. The summed E-state index contributed by atoms with van der Waals surface area (Å²) >= 11 is 3.33. The molecule has 9 heteroatoms. The van der Waals surface area contributed by atoms with E-state index in [4.69, 9.17) is 0 Å². The number of non-ortho nitro benzene ring substituents is 1. The molecule has 0 fully saturated rings. The fourth-order valence-corrected chi connectivity index (χ4v) is 2.39. The van der Waals surface area contributed by atoms with Gasteiger partial charge in [0.1, 0.15) is 0 Å². The van der Waals surface area contributed by atoms with Gasteiger partial charge in [-0.2, -0.15) is 5.10 Å². The van der Waals surface area contributed by atoms with Gasteiger partial charge in [0.25, 0.3) is 5.69 Å². The van der Waals surface area contributed by atoms with E-state index in [1.807, 2.05) is 24.3 Å². The summed E-state index contributed by atoms with van der Waals surface area (Å²) in [5.74, 6) is -0.831. The van der Waals surface area contributed by atoms with E-state index in [9.17, 15) is 19.7 Å². The van der Waals surface area contributed by atoms with E-state index in [-0.39, 0.29) is 18.5 Å². The summed E-state index contributed by atoms with van der Waals surface area (Å²) in [6, 6.07) is 13.0. The lowest BCUT2D eigenvalue weighted by Crippen LogP contribution is -2.20. The number of rotatable bonds is 7. The second kappa shape index (κ2) is 9.42. The summed E-state index contributed by atoms with van der Waals surface area (Å²) in [6.45, 7) is 0. The van der Waals surface area contributed by atoms with Gasteiger partial charge in [0.05, 0.1) is 11.1 Å². The van der Waals surface area contributed by atoms with Gasteiger partial charge in [-0.1, -0.05) is 34.1 Å². The maximum absolute atomic E-state index is 11.8. The van der Waals surface area contributed by atoms with Gasteiger partial charge in [0.15, 0.2) is 0 Å². The minimum Gasteiger partial charge on any atom is -0.326 e. The number of carbonyl (C=O) groups is 2. The standard InChI is InChI=1S/C17H15BrN4O4/c18-13-4-1-3-12(9-13)11-19-21-17(24)8-7-16(23)20-14-5-2-6-15(10-14)22(25)26/h1-6,9-11H,7-8H2,(H,20,23)(H,21,24)/b19-11+. The second-order valence-electron chi connectivity index (χ2n) is 5.20. The van der Waals surface area contributed by atoms with Crippen LogP contribution in [0, 0.1) is 10.1 Å². The van der Waals surface area contributed by atoms with Crippen LogP contribution in [0.4, 0.5) is 11.4 Å². The maximum atomic E-state index is 11.8. The van der Waals surface area contributed by atoms with Gasteiger partial charge in [-0.25, -0.2) is 5.43 Å². The Morgan fingerprint density at radius 1 is 1.12 bits per heavy atom. The normalized spacial score (nSPS) is 10.5. The number of nitrogens with zero attached hydrogens (tertiary/aromatic N) is 2. The summed E-state index contributed by atoms with van der Waals surface area (Å²) in [5.41, 5.74) is 3.33. The van der Waals surface area contributed by atoms with E-state index in [0.29, 0.717) is 5.69 Å². The SMILES string of the molecule is O=C(CCC(=O)Nc1cccc([N+](=O)[O-])c1)N/N=C/c1cccc(Br)c1. The van der Waals surface area contributed by atoms with Crippen molar-refractivity contribution in [3.8, 4) is 0 Å². The highest BCUT2D eigenvalue weighted by molar-refractivity contribution is 9.10. The van der Waals surface area contributed by atoms with Crippen LogP contribution in [0.2, 0.25) is 0 Å². The zero-order valence-electron chi connectivity index (χ0n) is 13.5. The third-order valence-corrected chi connectivity index (χ3v) is 3.66. The second-order valence-corrected chi connectivity index (χ2v) is 6.12. The van der Waals surface area contributed by atoms with Crippen LogP contribution in [0.15, 0.2) is 58.1 Å². The number of amides is 2. The Hall–Kier alpha value is -3.07. The fourth-order valence-electron chi connectivity index (χ4n) is 1.97. The van der Waals surface area contributed by atoms with Crippen molar-refractivity contribution in [3.05, 3.63) is 68.7 Å². The molecule has 8 nitrogen and oxygen atoms in total. The number of hydrazone groups is 1. The van der Waals surface area contributed by atoms with Crippen LogP contribution in [0.1, 0.15) is 18.4 Å². The molecule has 0 bridgehead atoms. The van der Waals surface area contributed by atoms with Crippen LogP contribution in [-0.4, -0.2) is 23.0 Å². The van der Waals surface area contributed by atoms with E-state index in [1.54, 1.807) is 0 Å². The molecular formula is C17H15BrN4O4. The fraction of sp³-hybridized carbons (Fsp3) is 0.118. The summed E-state index contributed by atoms with van der Waals surface area (Å²) in [4.78, 5) is 33.7. The maximum Gasteiger partial charge on any atom is 0.271 e. The van der Waals surface area contributed by atoms with Crippen LogP contribution in [0.3, 0.4) is 0 Å². The lowest BCUT2D eigenvalue weighted by molar-refractivity contribution is -0.384. The summed E-state index contributed by atoms with van der Waals surface area (Å²) in [7, 11) is 0. The van der Waals surface area contributed by atoms with Crippen LogP contribution in [0.5, 0.6) is 0 Å². The molecule has 2 rings (SSSR count). The highest BCUT2D eigenvalue weighted by Crippen LogP contribution is 2.17. The lowest BCUT2D eigenvalue weighted by Gasteiger charge is -2.04. The minimum atomic E-state index is -0.549. The summed E-state index contributed by atoms with van der Waals surface area (Å²) in [6.07, 6.45) is 1.36. The first-order valence-electron chi connectivity index (χ1n) is 7.56. The van der Waals surface area contributed by atoms with E-state index in [1.165, 1.54) is 30.5 Å². The molecule has 26 heavy (non-hydrogen) atoms. The molecule has 0 heterocycles. The minimum absolute atomic E-state index is 0.0589. The Balaban J connectivity index is 1.77. The summed E-state index contributed by atoms with van der Waals surface area (Å²) < 4.78 is 0.894. The molecule has 2 N–H and O–H groups in total. The largest absolute Gasteiger partial charge is 0.326 e. The number of anilines is 1. The molecule has 0 saturated heterocycles. The molecule has 0 radical (unpaired) electrons. The number of benzene rings is 2. The Bertz CT molecular complexity index is 854. The molecule has 0 aliphatic rings. The van der Waals surface area contributed by atoms with Crippen LogP contribution in [0.25, 0.3) is 0 Å². The Morgan fingerprint density at radius 2 is 1.85 bits per heavy atom. The highest BCUT2D eigenvalue weighted by Gasteiger charge is 2.09. The van der Waals surface area contributed by atoms with Crippen LogP contribution < -0.4 is 10.7 Å². The highest BCUT2D eigenvalue weighted by atomic mass is 79.9. The molecule has 0 saturated carbocycles. The molecule has 0 atom stereocenters. The average molecular weight is 419 g/mol. The molecule has 0 unspecified atom stereocenters. The number of nitro benzene ring substituents is 1. The van der Waals surface area contributed by atoms with Crippen molar-refractivity contribution in [1.82, 2.24) is 5.43 Å². The zero-order chi connectivity index (χ0) is 18.9. The van der Waals surface area contributed by atoms with Crippen molar-refractivity contribution >= 4 is 45.3 Å². The van der Waals surface area contributed by atoms with E-state index >= 15 is 0 Å². The Morgan fingerprint density at radius 3 is 2.58 bits per heavy atom. The van der Waals surface area contributed by atoms with Gasteiger partial charge in [-0.3, -0.25) is 19.7 Å². The van der Waals surface area contributed by atoms with Gasteiger partial charge < -0.3 is 5.32 Å². The van der Waals surface area contributed by atoms with E-state index in [0.717, 1.165) is 10.0 Å². The van der Waals surface area contributed by atoms with Crippen molar-refractivity contribution in [2.24, 2.45) is 5.10 Å². The molecule has 134 valence electrons. The molecule has 2 aromatic carbocycles. The number of carbonyl (C=O) groups excluding carboxylic acids is 2. The van der Waals surface area contributed by atoms with Gasteiger partial charge in [-0.05, 0) is 23.8 Å². The third kappa shape index (κ3) is 6.44. The quantitative estimate of drug-likeness (QED) is 0.408. The molecule has 0 aromatic heterocycles. The number of hydrogen-bond acceptors (Lipinski definition) is 5. The van der Waals surface area contributed by atoms with Crippen molar-refractivity contribution < 1.29 is 14.5 Å². The number of halogens is 1. The first kappa shape index (κ1) is 19.3. The topological polar surface area (TPSA) is 114 Å². The monoisotopic (exact) mass is 418 g/mol. The van der Waals surface area contributed by atoms with Gasteiger partial charge in [0.2, 0.25) is 11.8 Å². The van der Waals surface area contributed by atoms with E-state index in [2.05, 4.69) is 31.8 Å². The van der Waals surface area contributed by atoms with Crippen molar-refractivity contribution in [2.45, 2.75) is 12.8 Å². The predicted octanol–water partition coefficient (Wildman–Crippen LogP) is 3.23. The van der Waals surface area contributed by atoms with Crippen molar-refractivity contribution in [3.63, 3.8) is 0 Å². The third-order valence-electron chi connectivity index (χ3n) is 3.17. The Kier molecular flexibility index (Phi) is 6.98. The predicted molar refractivity (Wildman–Crippen MR) is 101 cm³/mol. The zero-order valence-corrected chi connectivity index (χ0v) is 15.1. The van der Waals surface area contributed by atoms with E-state index < -0.39 is 16.7 Å². The first-order chi connectivity index (χ1) is 12.4. The first-order valence-corrected chi connectivity index (χ1v) is 8.35. The number of hydrogen-bond donors (Lipinski definition) is 2. The molecule has 0 aliphatic carbocycles. The smallest absolute Gasteiger partial charge is 0.271 e. The number of nitrogens with one attached hydrogen (secondary N) is 2. The molecule has 2 amide bonds.